The van der Waals surface area contributed by atoms with Gasteiger partial charge in [0.25, 0.3) is 0 Å². The third-order valence-corrected chi connectivity index (χ3v) is 3.89. The fraction of sp³-hybridized carbons (Fsp3) is 0.647. The van der Waals surface area contributed by atoms with E-state index in [2.05, 4.69) is 43.4 Å². The van der Waals surface area contributed by atoms with Crippen molar-refractivity contribution in [3.8, 4) is 0 Å². The van der Waals surface area contributed by atoms with E-state index < -0.39 is 0 Å². The van der Waals surface area contributed by atoms with Crippen molar-refractivity contribution in [1.82, 2.24) is 5.32 Å². The van der Waals surface area contributed by atoms with E-state index in [0.717, 1.165) is 25.4 Å². The lowest BCUT2D eigenvalue weighted by Crippen LogP contribution is -2.25. The summed E-state index contributed by atoms with van der Waals surface area (Å²) in [6, 6.07) is 8.49. The number of unbranched alkanes of at least 4 members (excludes halogenated alkanes) is 1. The van der Waals surface area contributed by atoms with Gasteiger partial charge in [0, 0.05) is 6.54 Å². The van der Waals surface area contributed by atoms with Crippen LogP contribution in [-0.2, 0) is 13.0 Å². The van der Waals surface area contributed by atoms with Gasteiger partial charge in [0.1, 0.15) is 0 Å². The van der Waals surface area contributed by atoms with Crippen molar-refractivity contribution in [3.63, 3.8) is 0 Å². The zero-order valence-corrected chi connectivity index (χ0v) is 12.6. The Labute approximate surface area is 118 Å². The lowest BCUT2D eigenvalue weighted by atomic mass is 9.99. The van der Waals surface area contributed by atoms with Crippen molar-refractivity contribution < 1.29 is 0 Å². The molecule has 1 aromatic rings. The molecule has 0 aliphatic rings. The van der Waals surface area contributed by atoms with E-state index in [1.165, 1.54) is 36.8 Å². The van der Waals surface area contributed by atoms with Crippen LogP contribution in [0, 0.1) is 5.92 Å². The molecule has 0 aromatic heterocycles. The van der Waals surface area contributed by atoms with Gasteiger partial charge in [0.05, 0.1) is 0 Å². The van der Waals surface area contributed by atoms with Crippen LogP contribution < -0.4 is 11.1 Å². The molecular formula is C17H30N2. The molecular weight excluding hydrogens is 232 g/mol. The SMILES string of the molecule is CCCCC(CC)CNCCc1ccccc1CN. The van der Waals surface area contributed by atoms with E-state index in [9.17, 15) is 0 Å². The average Bonchev–Trinajstić information content (AvgIpc) is 2.47. The Bertz CT molecular complexity index is 336. The zero-order chi connectivity index (χ0) is 13.9. The Balaban J connectivity index is 2.26. The normalized spacial score (nSPS) is 12.6. The number of benzene rings is 1. The average molecular weight is 262 g/mol. The summed E-state index contributed by atoms with van der Waals surface area (Å²) in [7, 11) is 0. The molecule has 0 aliphatic carbocycles. The molecule has 0 amide bonds. The summed E-state index contributed by atoms with van der Waals surface area (Å²) >= 11 is 0. The first kappa shape index (κ1) is 16.2. The highest BCUT2D eigenvalue weighted by molar-refractivity contribution is 5.27. The molecule has 0 bridgehead atoms. The van der Waals surface area contributed by atoms with Crippen molar-refractivity contribution in [2.45, 2.75) is 52.5 Å². The van der Waals surface area contributed by atoms with Gasteiger partial charge in [-0.25, -0.2) is 0 Å². The van der Waals surface area contributed by atoms with E-state index in [0.29, 0.717) is 6.54 Å². The van der Waals surface area contributed by atoms with Crippen LogP contribution in [0.2, 0.25) is 0 Å². The highest BCUT2D eigenvalue weighted by Crippen LogP contribution is 2.11. The van der Waals surface area contributed by atoms with Gasteiger partial charge < -0.3 is 11.1 Å². The van der Waals surface area contributed by atoms with Crippen molar-refractivity contribution in [2.75, 3.05) is 13.1 Å². The maximum Gasteiger partial charge on any atom is 0.0180 e. The van der Waals surface area contributed by atoms with Gasteiger partial charge in [-0.2, -0.15) is 0 Å². The number of rotatable bonds is 10. The molecule has 3 N–H and O–H groups in total. The number of hydrogen-bond acceptors (Lipinski definition) is 2. The number of nitrogens with two attached hydrogens (primary N) is 1. The molecule has 0 saturated heterocycles. The first-order chi connectivity index (χ1) is 9.31. The first-order valence-corrected chi connectivity index (χ1v) is 7.79. The van der Waals surface area contributed by atoms with E-state index in [1.54, 1.807) is 0 Å². The minimum absolute atomic E-state index is 0.643. The van der Waals surface area contributed by atoms with Crippen LogP contribution >= 0.6 is 0 Å². The summed E-state index contributed by atoms with van der Waals surface area (Å²) in [4.78, 5) is 0. The van der Waals surface area contributed by atoms with E-state index >= 15 is 0 Å². The van der Waals surface area contributed by atoms with Crippen LogP contribution in [0.15, 0.2) is 24.3 Å². The van der Waals surface area contributed by atoms with Crippen molar-refractivity contribution in [3.05, 3.63) is 35.4 Å². The third kappa shape index (κ3) is 6.22. The zero-order valence-electron chi connectivity index (χ0n) is 12.6. The van der Waals surface area contributed by atoms with Crippen molar-refractivity contribution >= 4 is 0 Å². The molecule has 0 heterocycles. The molecule has 2 nitrogen and oxygen atoms in total. The molecule has 1 aromatic carbocycles. The Hall–Kier alpha value is -0.860. The largest absolute Gasteiger partial charge is 0.326 e. The summed E-state index contributed by atoms with van der Waals surface area (Å²) in [5.74, 6) is 0.838. The molecule has 1 unspecified atom stereocenters. The molecule has 1 rings (SSSR count). The summed E-state index contributed by atoms with van der Waals surface area (Å²) in [6.45, 7) is 7.42. The van der Waals surface area contributed by atoms with Crippen LogP contribution in [0.25, 0.3) is 0 Å². The quantitative estimate of drug-likeness (QED) is 0.633. The highest BCUT2D eigenvalue weighted by atomic mass is 14.9. The van der Waals surface area contributed by atoms with Crippen LogP contribution in [0.1, 0.15) is 50.7 Å². The van der Waals surface area contributed by atoms with Crippen molar-refractivity contribution in [1.29, 1.82) is 0 Å². The first-order valence-electron chi connectivity index (χ1n) is 7.79. The Morgan fingerprint density at radius 2 is 1.89 bits per heavy atom. The smallest absolute Gasteiger partial charge is 0.0180 e. The fourth-order valence-electron chi connectivity index (χ4n) is 2.47. The van der Waals surface area contributed by atoms with Gasteiger partial charge in [0.2, 0.25) is 0 Å². The maximum absolute atomic E-state index is 5.76. The van der Waals surface area contributed by atoms with Gasteiger partial charge in [-0.05, 0) is 43.0 Å². The number of nitrogens with one attached hydrogen (secondary N) is 1. The predicted molar refractivity (Wildman–Crippen MR) is 84.2 cm³/mol. The van der Waals surface area contributed by atoms with Crippen LogP contribution in [0.5, 0.6) is 0 Å². The Morgan fingerprint density at radius 3 is 2.53 bits per heavy atom. The highest BCUT2D eigenvalue weighted by Gasteiger charge is 2.05. The summed E-state index contributed by atoms with van der Waals surface area (Å²) in [6.07, 6.45) is 6.39. The Kier molecular flexibility index (Phi) is 8.52. The standard InChI is InChI=1S/C17H30N2/c1-3-5-8-15(4-2)14-19-12-11-16-9-6-7-10-17(16)13-18/h6-7,9-10,15,19H,3-5,8,11-14,18H2,1-2H3. The van der Waals surface area contributed by atoms with Crippen LogP contribution in [0.4, 0.5) is 0 Å². The molecule has 19 heavy (non-hydrogen) atoms. The molecule has 0 radical (unpaired) electrons. The number of hydrogen-bond donors (Lipinski definition) is 2. The lowest BCUT2D eigenvalue weighted by molar-refractivity contribution is 0.421. The second-order valence-corrected chi connectivity index (χ2v) is 5.34. The fourth-order valence-corrected chi connectivity index (χ4v) is 2.47. The van der Waals surface area contributed by atoms with Crippen LogP contribution in [-0.4, -0.2) is 13.1 Å². The molecule has 0 fully saturated rings. The topological polar surface area (TPSA) is 38.0 Å². The van der Waals surface area contributed by atoms with Gasteiger partial charge in [-0.15, -0.1) is 0 Å². The molecule has 0 aliphatic heterocycles. The van der Waals surface area contributed by atoms with E-state index in [-0.39, 0.29) is 0 Å². The monoisotopic (exact) mass is 262 g/mol. The summed E-state index contributed by atoms with van der Waals surface area (Å²) < 4.78 is 0. The molecule has 108 valence electrons. The third-order valence-electron chi connectivity index (χ3n) is 3.89. The lowest BCUT2D eigenvalue weighted by Gasteiger charge is -2.15. The van der Waals surface area contributed by atoms with Crippen molar-refractivity contribution in [2.24, 2.45) is 11.7 Å². The second-order valence-electron chi connectivity index (χ2n) is 5.34. The summed E-state index contributed by atoms with van der Waals surface area (Å²) in [5, 5.41) is 3.60. The van der Waals surface area contributed by atoms with E-state index in [1.807, 2.05) is 0 Å². The van der Waals surface area contributed by atoms with Crippen LogP contribution in [0.3, 0.4) is 0 Å². The summed E-state index contributed by atoms with van der Waals surface area (Å²) in [5.41, 5.74) is 8.43. The second kappa shape index (κ2) is 9.99. The molecule has 2 heteroatoms. The van der Waals surface area contributed by atoms with Gasteiger partial charge in [-0.3, -0.25) is 0 Å². The van der Waals surface area contributed by atoms with E-state index in [4.69, 9.17) is 5.73 Å². The predicted octanol–water partition coefficient (Wildman–Crippen LogP) is 3.49. The molecule has 0 spiro atoms. The van der Waals surface area contributed by atoms with Gasteiger partial charge in [-0.1, -0.05) is 57.4 Å². The van der Waals surface area contributed by atoms with Gasteiger partial charge in [0.15, 0.2) is 0 Å². The maximum atomic E-state index is 5.76. The minimum Gasteiger partial charge on any atom is -0.326 e. The van der Waals surface area contributed by atoms with Gasteiger partial charge >= 0.3 is 0 Å². The Morgan fingerprint density at radius 1 is 1.16 bits per heavy atom. The molecule has 0 saturated carbocycles. The minimum atomic E-state index is 0.643. The molecule has 1 atom stereocenters.